The van der Waals surface area contributed by atoms with E-state index in [0.717, 1.165) is 28.9 Å². The highest BCUT2D eigenvalue weighted by Gasteiger charge is 2.13. The molecule has 0 atom stereocenters. The van der Waals surface area contributed by atoms with Crippen LogP contribution >= 0.6 is 0 Å². The molecule has 1 N–H and O–H groups in total. The Balaban J connectivity index is 2.18. The van der Waals surface area contributed by atoms with Gasteiger partial charge in [-0.1, -0.05) is 26.0 Å². The molecule has 4 heteroatoms. The zero-order valence-electron chi connectivity index (χ0n) is 12.7. The van der Waals surface area contributed by atoms with Crippen LogP contribution in [0.2, 0.25) is 0 Å². The minimum absolute atomic E-state index is 0.237. The number of nitrogens with zero attached hydrogens (tertiary/aromatic N) is 2. The fraction of sp³-hybridized carbons (Fsp3) is 0.222. The van der Waals surface area contributed by atoms with E-state index in [1.165, 1.54) is 6.07 Å². The summed E-state index contributed by atoms with van der Waals surface area (Å²) >= 11 is 0. The number of benzene rings is 1. The lowest BCUT2D eigenvalue weighted by molar-refractivity contribution is 0.640. The number of anilines is 1. The summed E-state index contributed by atoms with van der Waals surface area (Å²) < 4.78 is 14.4. The second kappa shape index (κ2) is 6.10. The molecule has 2 heterocycles. The van der Waals surface area contributed by atoms with Gasteiger partial charge in [0.25, 0.3) is 0 Å². The Morgan fingerprint density at radius 1 is 1.14 bits per heavy atom. The first-order valence-electron chi connectivity index (χ1n) is 7.38. The number of halogens is 1. The van der Waals surface area contributed by atoms with Gasteiger partial charge in [0.1, 0.15) is 11.6 Å². The van der Waals surface area contributed by atoms with Gasteiger partial charge in [0.15, 0.2) is 0 Å². The first-order chi connectivity index (χ1) is 10.7. The summed E-state index contributed by atoms with van der Waals surface area (Å²) in [7, 11) is 0. The highest BCUT2D eigenvalue weighted by molar-refractivity contribution is 6.02. The first kappa shape index (κ1) is 14.4. The Kier molecular flexibility index (Phi) is 4.00. The van der Waals surface area contributed by atoms with Crippen LogP contribution in [-0.2, 0) is 0 Å². The Bertz CT molecular complexity index is 785. The number of pyridine rings is 2. The van der Waals surface area contributed by atoms with Crippen molar-refractivity contribution in [3.05, 3.63) is 54.7 Å². The molecule has 0 fully saturated rings. The van der Waals surface area contributed by atoms with Crippen molar-refractivity contribution in [1.29, 1.82) is 0 Å². The predicted octanol–water partition coefficient (Wildman–Crippen LogP) is 4.50. The van der Waals surface area contributed by atoms with Gasteiger partial charge >= 0.3 is 0 Å². The van der Waals surface area contributed by atoms with Crippen molar-refractivity contribution in [1.82, 2.24) is 9.97 Å². The van der Waals surface area contributed by atoms with E-state index in [1.807, 2.05) is 18.2 Å². The molecular formula is C18H18FN3. The monoisotopic (exact) mass is 295 g/mol. The normalized spacial score (nSPS) is 11.1. The van der Waals surface area contributed by atoms with Crippen LogP contribution in [0.25, 0.3) is 21.9 Å². The van der Waals surface area contributed by atoms with Crippen LogP contribution in [0.15, 0.2) is 48.9 Å². The van der Waals surface area contributed by atoms with Gasteiger partial charge in [0.05, 0.1) is 0 Å². The quantitative estimate of drug-likeness (QED) is 0.770. The third-order valence-electron chi connectivity index (χ3n) is 3.53. The summed E-state index contributed by atoms with van der Waals surface area (Å²) in [4.78, 5) is 8.51. The summed E-state index contributed by atoms with van der Waals surface area (Å²) in [5.41, 5.74) is 1.69. The summed E-state index contributed by atoms with van der Waals surface area (Å²) in [5, 5.41) is 4.70. The number of hydrogen-bond donors (Lipinski definition) is 1. The van der Waals surface area contributed by atoms with Crippen molar-refractivity contribution in [3.8, 4) is 11.1 Å². The van der Waals surface area contributed by atoms with Crippen LogP contribution in [-0.4, -0.2) is 16.5 Å². The van der Waals surface area contributed by atoms with Crippen molar-refractivity contribution >= 4 is 16.6 Å². The third kappa shape index (κ3) is 2.77. The van der Waals surface area contributed by atoms with E-state index >= 15 is 0 Å². The van der Waals surface area contributed by atoms with Gasteiger partial charge < -0.3 is 5.32 Å². The summed E-state index contributed by atoms with van der Waals surface area (Å²) in [6.07, 6.45) is 5.13. The zero-order chi connectivity index (χ0) is 15.5. The lowest BCUT2D eigenvalue weighted by Crippen LogP contribution is -2.09. The second-order valence-electron chi connectivity index (χ2n) is 5.69. The molecule has 0 aliphatic rings. The Morgan fingerprint density at radius 2 is 1.91 bits per heavy atom. The molecule has 3 aromatic rings. The number of rotatable bonds is 4. The van der Waals surface area contributed by atoms with E-state index in [-0.39, 0.29) is 5.82 Å². The lowest BCUT2D eigenvalue weighted by Gasteiger charge is -2.14. The van der Waals surface area contributed by atoms with Gasteiger partial charge in [-0.3, -0.25) is 4.98 Å². The summed E-state index contributed by atoms with van der Waals surface area (Å²) in [6.45, 7) is 5.05. The van der Waals surface area contributed by atoms with Crippen LogP contribution in [0.5, 0.6) is 0 Å². The fourth-order valence-electron chi connectivity index (χ4n) is 2.45. The molecule has 0 saturated carbocycles. The maximum Gasteiger partial charge on any atom is 0.133 e. The van der Waals surface area contributed by atoms with Gasteiger partial charge in [-0.15, -0.1) is 0 Å². The van der Waals surface area contributed by atoms with E-state index in [0.29, 0.717) is 11.3 Å². The molecule has 2 aromatic heterocycles. The molecule has 0 spiro atoms. The van der Waals surface area contributed by atoms with Gasteiger partial charge in [-0.05, 0) is 29.7 Å². The standard InChI is InChI=1S/C18H18FN3/c1-12(2)10-21-18-14-4-3-5-16(19)17(14)15(11-22-18)13-6-8-20-9-7-13/h3-9,11-12H,10H2,1-2H3,(H,21,22). The van der Waals surface area contributed by atoms with Crippen LogP contribution in [0.1, 0.15) is 13.8 Å². The van der Waals surface area contributed by atoms with Crippen LogP contribution in [0.3, 0.4) is 0 Å². The van der Waals surface area contributed by atoms with Gasteiger partial charge in [0.2, 0.25) is 0 Å². The largest absolute Gasteiger partial charge is 0.369 e. The van der Waals surface area contributed by atoms with E-state index in [1.54, 1.807) is 24.7 Å². The van der Waals surface area contributed by atoms with Crippen molar-refractivity contribution in [2.45, 2.75) is 13.8 Å². The zero-order valence-corrected chi connectivity index (χ0v) is 12.7. The Labute approximate surface area is 129 Å². The molecule has 112 valence electrons. The molecule has 1 aromatic carbocycles. The van der Waals surface area contributed by atoms with Gasteiger partial charge in [-0.2, -0.15) is 0 Å². The molecule has 0 bridgehead atoms. The maximum atomic E-state index is 14.4. The number of aromatic nitrogens is 2. The highest BCUT2D eigenvalue weighted by atomic mass is 19.1. The molecule has 0 aliphatic carbocycles. The summed E-state index contributed by atoms with van der Waals surface area (Å²) in [6, 6.07) is 8.84. The van der Waals surface area contributed by atoms with Crippen molar-refractivity contribution in [2.75, 3.05) is 11.9 Å². The average Bonchev–Trinajstić information content (AvgIpc) is 2.53. The van der Waals surface area contributed by atoms with Crippen LogP contribution in [0.4, 0.5) is 10.2 Å². The fourth-order valence-corrected chi connectivity index (χ4v) is 2.45. The van der Waals surface area contributed by atoms with Crippen LogP contribution < -0.4 is 5.32 Å². The molecular weight excluding hydrogens is 277 g/mol. The minimum Gasteiger partial charge on any atom is -0.369 e. The maximum absolute atomic E-state index is 14.4. The Morgan fingerprint density at radius 3 is 2.64 bits per heavy atom. The molecule has 0 unspecified atom stereocenters. The molecule has 0 aliphatic heterocycles. The van der Waals surface area contributed by atoms with E-state index in [9.17, 15) is 4.39 Å². The van der Waals surface area contributed by atoms with Gasteiger partial charge in [0, 0.05) is 41.5 Å². The molecule has 0 saturated heterocycles. The van der Waals surface area contributed by atoms with E-state index in [4.69, 9.17) is 0 Å². The number of fused-ring (bicyclic) bond motifs is 1. The molecule has 3 nitrogen and oxygen atoms in total. The average molecular weight is 295 g/mol. The topological polar surface area (TPSA) is 37.8 Å². The highest BCUT2D eigenvalue weighted by Crippen LogP contribution is 2.33. The lowest BCUT2D eigenvalue weighted by atomic mass is 10.0. The number of nitrogens with one attached hydrogen (secondary N) is 1. The van der Waals surface area contributed by atoms with Crippen molar-refractivity contribution < 1.29 is 4.39 Å². The third-order valence-corrected chi connectivity index (χ3v) is 3.53. The van der Waals surface area contributed by atoms with Crippen molar-refractivity contribution in [3.63, 3.8) is 0 Å². The van der Waals surface area contributed by atoms with Crippen LogP contribution in [0, 0.1) is 11.7 Å². The number of hydrogen-bond acceptors (Lipinski definition) is 3. The van der Waals surface area contributed by atoms with Gasteiger partial charge in [-0.25, -0.2) is 9.37 Å². The minimum atomic E-state index is -0.237. The second-order valence-corrected chi connectivity index (χ2v) is 5.69. The van der Waals surface area contributed by atoms with E-state index < -0.39 is 0 Å². The first-order valence-corrected chi connectivity index (χ1v) is 7.38. The summed E-state index contributed by atoms with van der Waals surface area (Å²) in [5.74, 6) is 0.977. The molecule has 3 rings (SSSR count). The Hall–Kier alpha value is -2.49. The smallest absolute Gasteiger partial charge is 0.133 e. The van der Waals surface area contributed by atoms with E-state index in [2.05, 4.69) is 29.1 Å². The SMILES string of the molecule is CC(C)CNc1ncc(-c2ccncc2)c2c(F)cccc12. The molecule has 0 amide bonds. The molecule has 22 heavy (non-hydrogen) atoms. The van der Waals surface area contributed by atoms with Crippen molar-refractivity contribution in [2.24, 2.45) is 5.92 Å². The predicted molar refractivity (Wildman–Crippen MR) is 88.3 cm³/mol. The molecule has 0 radical (unpaired) electrons.